The average Bonchev–Trinajstić information content (AvgIpc) is 2.13. The Kier molecular flexibility index (Phi) is 8.26. The second-order valence-electron chi connectivity index (χ2n) is 4.92. The molecule has 0 aliphatic carbocycles. The smallest absolute Gasteiger partial charge is 0.0125 e. The molecule has 86 valence electrons. The molecule has 0 saturated heterocycles. The van der Waals surface area contributed by atoms with Crippen molar-refractivity contribution in [3.8, 4) is 0 Å². The maximum Gasteiger partial charge on any atom is 0.0125 e. The Labute approximate surface area is 90.5 Å². The normalized spacial score (nSPS) is 15.4. The summed E-state index contributed by atoms with van der Waals surface area (Å²) in [6.07, 6.45) is 11.7. The van der Waals surface area contributed by atoms with E-state index in [1.54, 1.807) is 0 Å². The number of nitrogens with two attached hydrogens (primary N) is 1. The van der Waals surface area contributed by atoms with Crippen LogP contribution in [-0.4, -0.2) is 5.54 Å². The fourth-order valence-corrected chi connectivity index (χ4v) is 1.86. The molecule has 0 aromatic heterocycles. The van der Waals surface area contributed by atoms with Crippen molar-refractivity contribution in [3.05, 3.63) is 0 Å². The lowest BCUT2D eigenvalue weighted by Crippen LogP contribution is -2.35. The van der Waals surface area contributed by atoms with Gasteiger partial charge in [-0.3, -0.25) is 0 Å². The molecule has 1 nitrogen and oxygen atoms in total. The molecule has 0 aromatic rings. The van der Waals surface area contributed by atoms with E-state index in [9.17, 15) is 0 Å². The monoisotopic (exact) mass is 199 g/mol. The van der Waals surface area contributed by atoms with E-state index in [4.69, 9.17) is 5.73 Å². The number of hydrogen-bond donors (Lipinski definition) is 1. The zero-order valence-electron chi connectivity index (χ0n) is 10.4. The van der Waals surface area contributed by atoms with Gasteiger partial charge in [0.25, 0.3) is 0 Å². The Bertz CT molecular complexity index is 118. The number of rotatable bonds is 9. The first kappa shape index (κ1) is 14.0. The van der Waals surface area contributed by atoms with Crippen molar-refractivity contribution in [2.45, 2.75) is 84.1 Å². The van der Waals surface area contributed by atoms with Crippen molar-refractivity contribution in [2.75, 3.05) is 0 Å². The Morgan fingerprint density at radius 3 is 1.71 bits per heavy atom. The highest BCUT2D eigenvalue weighted by Crippen LogP contribution is 2.19. The molecule has 0 amide bonds. The summed E-state index contributed by atoms with van der Waals surface area (Å²) in [7, 11) is 0. The minimum atomic E-state index is 0.100. The van der Waals surface area contributed by atoms with E-state index in [0.29, 0.717) is 0 Å². The van der Waals surface area contributed by atoms with Crippen molar-refractivity contribution in [2.24, 2.45) is 5.73 Å². The summed E-state index contributed by atoms with van der Waals surface area (Å²) < 4.78 is 0. The molecule has 14 heavy (non-hydrogen) atoms. The Balaban J connectivity index is 3.40. The van der Waals surface area contributed by atoms with Crippen LogP contribution in [0.15, 0.2) is 0 Å². The lowest BCUT2D eigenvalue weighted by Gasteiger charge is -2.24. The molecule has 0 saturated carbocycles. The lowest BCUT2D eigenvalue weighted by atomic mass is 9.89. The van der Waals surface area contributed by atoms with E-state index in [0.717, 1.165) is 0 Å². The summed E-state index contributed by atoms with van der Waals surface area (Å²) in [5.41, 5.74) is 6.34. The van der Waals surface area contributed by atoms with Crippen LogP contribution in [0.2, 0.25) is 0 Å². The molecule has 0 rings (SSSR count). The molecular formula is C13H29N. The van der Waals surface area contributed by atoms with Crippen LogP contribution in [0, 0.1) is 0 Å². The van der Waals surface area contributed by atoms with Gasteiger partial charge < -0.3 is 5.73 Å². The molecule has 1 unspecified atom stereocenters. The van der Waals surface area contributed by atoms with Gasteiger partial charge in [0.1, 0.15) is 0 Å². The Morgan fingerprint density at radius 2 is 1.21 bits per heavy atom. The third-order valence-corrected chi connectivity index (χ3v) is 2.95. The van der Waals surface area contributed by atoms with Gasteiger partial charge >= 0.3 is 0 Å². The highest BCUT2D eigenvalue weighted by molar-refractivity contribution is 4.77. The maximum atomic E-state index is 6.24. The fourth-order valence-electron chi connectivity index (χ4n) is 1.86. The topological polar surface area (TPSA) is 26.0 Å². The van der Waals surface area contributed by atoms with E-state index in [-0.39, 0.29) is 5.54 Å². The Morgan fingerprint density at radius 1 is 0.786 bits per heavy atom. The van der Waals surface area contributed by atoms with E-state index < -0.39 is 0 Å². The van der Waals surface area contributed by atoms with Crippen LogP contribution in [-0.2, 0) is 0 Å². The van der Waals surface area contributed by atoms with Crippen LogP contribution in [0.4, 0.5) is 0 Å². The largest absolute Gasteiger partial charge is 0.325 e. The molecule has 1 atom stereocenters. The van der Waals surface area contributed by atoms with Gasteiger partial charge in [-0.05, 0) is 19.8 Å². The van der Waals surface area contributed by atoms with Crippen molar-refractivity contribution in [3.63, 3.8) is 0 Å². The van der Waals surface area contributed by atoms with E-state index in [1.807, 2.05) is 0 Å². The van der Waals surface area contributed by atoms with E-state index >= 15 is 0 Å². The first-order chi connectivity index (χ1) is 6.62. The highest BCUT2D eigenvalue weighted by Gasteiger charge is 2.16. The van der Waals surface area contributed by atoms with Crippen LogP contribution in [0.25, 0.3) is 0 Å². The molecule has 0 aliphatic rings. The molecule has 0 aliphatic heterocycles. The molecule has 0 bridgehead atoms. The van der Waals surface area contributed by atoms with Gasteiger partial charge in [-0.2, -0.15) is 0 Å². The van der Waals surface area contributed by atoms with Crippen LogP contribution < -0.4 is 5.73 Å². The SMILES string of the molecule is CCCCCCC(C)(N)CCCCC. The molecule has 0 radical (unpaired) electrons. The van der Waals surface area contributed by atoms with Gasteiger partial charge in [-0.15, -0.1) is 0 Å². The standard InChI is InChI=1S/C13H29N/c1-4-6-8-10-12-13(3,14)11-9-7-5-2/h4-12,14H2,1-3H3. The van der Waals surface area contributed by atoms with Crippen LogP contribution in [0.3, 0.4) is 0 Å². The molecule has 0 fully saturated rings. The lowest BCUT2D eigenvalue weighted by molar-refractivity contribution is 0.367. The average molecular weight is 199 g/mol. The first-order valence-corrected chi connectivity index (χ1v) is 6.41. The minimum absolute atomic E-state index is 0.100. The van der Waals surface area contributed by atoms with Crippen molar-refractivity contribution < 1.29 is 0 Å². The molecule has 0 heterocycles. The van der Waals surface area contributed by atoms with Crippen LogP contribution in [0.5, 0.6) is 0 Å². The fraction of sp³-hybridized carbons (Fsp3) is 1.00. The molecule has 1 heteroatoms. The summed E-state index contributed by atoms with van der Waals surface area (Å²) in [6, 6.07) is 0. The first-order valence-electron chi connectivity index (χ1n) is 6.41. The molecular weight excluding hydrogens is 170 g/mol. The second kappa shape index (κ2) is 8.28. The zero-order valence-corrected chi connectivity index (χ0v) is 10.4. The Hall–Kier alpha value is -0.0400. The van der Waals surface area contributed by atoms with Gasteiger partial charge in [-0.1, -0.05) is 58.8 Å². The van der Waals surface area contributed by atoms with Crippen molar-refractivity contribution >= 4 is 0 Å². The molecule has 2 N–H and O–H groups in total. The zero-order chi connectivity index (χ0) is 10.9. The van der Waals surface area contributed by atoms with Gasteiger partial charge in [0.2, 0.25) is 0 Å². The highest BCUT2D eigenvalue weighted by atomic mass is 14.7. The van der Waals surface area contributed by atoms with E-state index in [2.05, 4.69) is 20.8 Å². The summed E-state index contributed by atoms with van der Waals surface area (Å²) in [5.74, 6) is 0. The summed E-state index contributed by atoms with van der Waals surface area (Å²) in [4.78, 5) is 0. The molecule has 0 aromatic carbocycles. The summed E-state index contributed by atoms with van der Waals surface area (Å²) >= 11 is 0. The summed E-state index contributed by atoms with van der Waals surface area (Å²) in [5, 5.41) is 0. The second-order valence-corrected chi connectivity index (χ2v) is 4.92. The van der Waals surface area contributed by atoms with Crippen molar-refractivity contribution in [1.29, 1.82) is 0 Å². The number of hydrogen-bond acceptors (Lipinski definition) is 1. The number of unbranched alkanes of at least 4 members (excludes halogenated alkanes) is 5. The summed E-state index contributed by atoms with van der Waals surface area (Å²) in [6.45, 7) is 6.71. The third-order valence-electron chi connectivity index (χ3n) is 2.95. The third kappa shape index (κ3) is 8.55. The minimum Gasteiger partial charge on any atom is -0.325 e. The molecule has 0 spiro atoms. The van der Waals surface area contributed by atoms with Crippen molar-refractivity contribution in [1.82, 2.24) is 0 Å². The van der Waals surface area contributed by atoms with E-state index in [1.165, 1.54) is 57.8 Å². The maximum absolute atomic E-state index is 6.24. The predicted octanol–water partition coefficient (Wildman–Crippen LogP) is 4.25. The van der Waals surface area contributed by atoms with Gasteiger partial charge in [0.15, 0.2) is 0 Å². The van der Waals surface area contributed by atoms with Gasteiger partial charge in [-0.25, -0.2) is 0 Å². The quantitative estimate of drug-likeness (QED) is 0.552. The van der Waals surface area contributed by atoms with Gasteiger partial charge in [0, 0.05) is 5.54 Å². The van der Waals surface area contributed by atoms with Gasteiger partial charge in [0.05, 0.1) is 0 Å². The van der Waals surface area contributed by atoms with Crippen LogP contribution >= 0.6 is 0 Å². The van der Waals surface area contributed by atoms with Crippen LogP contribution in [0.1, 0.15) is 78.6 Å². The predicted molar refractivity (Wildman–Crippen MR) is 65.5 cm³/mol.